The molecule has 3 nitrogen and oxygen atoms in total. The average molecular weight is 405 g/mol. The number of benzene rings is 1. The summed E-state index contributed by atoms with van der Waals surface area (Å²) in [6.45, 7) is 2.43. The zero-order valence-corrected chi connectivity index (χ0v) is 14.3. The first-order chi connectivity index (χ1) is 9.93. The predicted octanol–water partition coefficient (Wildman–Crippen LogP) is 3.49. The molecule has 1 amide bonds. The Morgan fingerprint density at radius 2 is 2.14 bits per heavy atom. The highest BCUT2D eigenvalue weighted by Crippen LogP contribution is 2.33. The van der Waals surface area contributed by atoms with Gasteiger partial charge in [0.15, 0.2) is 0 Å². The summed E-state index contributed by atoms with van der Waals surface area (Å²) in [5.74, 6) is 0.0805. The molecule has 2 rings (SSSR count). The van der Waals surface area contributed by atoms with Crippen LogP contribution in [0.4, 0.5) is 4.39 Å². The van der Waals surface area contributed by atoms with Crippen molar-refractivity contribution in [3.8, 4) is 0 Å². The van der Waals surface area contributed by atoms with Crippen molar-refractivity contribution >= 4 is 28.5 Å². The molecule has 0 spiro atoms. The lowest BCUT2D eigenvalue weighted by Crippen LogP contribution is -2.45. The Hall–Kier alpha value is -0.690. The average Bonchev–Trinajstić information content (AvgIpc) is 2.46. The van der Waals surface area contributed by atoms with Crippen LogP contribution in [-0.4, -0.2) is 23.2 Å². The first-order valence-electron chi connectivity index (χ1n) is 7.39. The number of carbonyl (C=O) groups is 1. The zero-order valence-electron chi connectivity index (χ0n) is 12.2. The highest BCUT2D eigenvalue weighted by molar-refractivity contribution is 14.1. The molecule has 1 saturated carbocycles. The summed E-state index contributed by atoms with van der Waals surface area (Å²) in [4.78, 5) is 12.1. The minimum absolute atomic E-state index is 0.259. The van der Waals surface area contributed by atoms with Crippen molar-refractivity contribution in [2.24, 2.45) is 5.92 Å². The molecular formula is C16H21FINO2. The second-order valence-electron chi connectivity index (χ2n) is 5.88. The molecule has 1 aromatic carbocycles. The number of amides is 1. The third-order valence-corrected chi connectivity index (χ3v) is 5.26. The largest absolute Gasteiger partial charge is 0.388 e. The SMILES string of the molecule is CCC1CCC(O)(CNC(=O)c2ccc(F)cc2I)CC1. The quantitative estimate of drug-likeness (QED) is 0.754. The number of hydrogen-bond donors (Lipinski definition) is 2. The molecule has 5 heteroatoms. The fourth-order valence-corrected chi connectivity index (χ4v) is 3.54. The summed E-state index contributed by atoms with van der Waals surface area (Å²) >= 11 is 1.94. The monoisotopic (exact) mass is 405 g/mol. The van der Waals surface area contributed by atoms with Crippen molar-refractivity contribution in [1.82, 2.24) is 5.32 Å². The summed E-state index contributed by atoms with van der Waals surface area (Å²) in [6.07, 6.45) is 4.63. The van der Waals surface area contributed by atoms with Crippen molar-refractivity contribution in [1.29, 1.82) is 0 Å². The topological polar surface area (TPSA) is 49.3 Å². The first-order valence-corrected chi connectivity index (χ1v) is 8.47. The maximum absolute atomic E-state index is 13.0. The standard InChI is InChI=1S/C16H21FINO2/c1-2-11-5-7-16(21,8-6-11)10-19-15(20)13-4-3-12(17)9-14(13)18/h3-4,9,11,21H,2,5-8,10H2,1H3,(H,19,20). The van der Waals surface area contributed by atoms with Gasteiger partial charge in [-0.25, -0.2) is 4.39 Å². The fraction of sp³-hybridized carbons (Fsp3) is 0.562. The molecule has 1 fully saturated rings. The Labute approximate surface area is 138 Å². The van der Waals surface area contributed by atoms with Crippen LogP contribution in [0, 0.1) is 15.3 Å². The number of aliphatic hydroxyl groups is 1. The van der Waals surface area contributed by atoms with E-state index >= 15 is 0 Å². The maximum atomic E-state index is 13.0. The number of nitrogens with one attached hydrogen (secondary N) is 1. The molecule has 0 unspecified atom stereocenters. The van der Waals surface area contributed by atoms with E-state index in [-0.39, 0.29) is 18.3 Å². The van der Waals surface area contributed by atoms with E-state index in [1.54, 1.807) is 0 Å². The third kappa shape index (κ3) is 4.39. The molecule has 0 aromatic heterocycles. The Morgan fingerprint density at radius 3 is 2.71 bits per heavy atom. The van der Waals surface area contributed by atoms with Gasteiger partial charge in [0.05, 0.1) is 11.2 Å². The summed E-state index contributed by atoms with van der Waals surface area (Å²) in [6, 6.07) is 4.08. The van der Waals surface area contributed by atoms with Gasteiger partial charge in [0.25, 0.3) is 5.91 Å². The summed E-state index contributed by atoms with van der Waals surface area (Å²) in [7, 11) is 0. The molecule has 0 bridgehead atoms. The molecule has 1 aliphatic carbocycles. The molecule has 0 atom stereocenters. The highest BCUT2D eigenvalue weighted by Gasteiger charge is 2.33. The molecule has 0 heterocycles. The summed E-state index contributed by atoms with van der Waals surface area (Å²) in [5.41, 5.74) is -0.352. The van der Waals surface area contributed by atoms with Gasteiger partial charge in [0, 0.05) is 10.1 Å². The number of hydrogen-bond acceptors (Lipinski definition) is 2. The van der Waals surface area contributed by atoms with Gasteiger partial charge >= 0.3 is 0 Å². The lowest BCUT2D eigenvalue weighted by Gasteiger charge is -2.35. The molecule has 0 aliphatic heterocycles. The molecule has 0 saturated heterocycles. The minimum Gasteiger partial charge on any atom is -0.388 e. The van der Waals surface area contributed by atoms with Gasteiger partial charge in [-0.2, -0.15) is 0 Å². The van der Waals surface area contributed by atoms with E-state index in [0.717, 1.165) is 32.1 Å². The van der Waals surface area contributed by atoms with Crippen LogP contribution in [0.2, 0.25) is 0 Å². The van der Waals surface area contributed by atoms with E-state index in [0.29, 0.717) is 15.1 Å². The third-order valence-electron chi connectivity index (χ3n) is 4.37. The van der Waals surface area contributed by atoms with E-state index in [1.807, 2.05) is 22.6 Å². The number of rotatable bonds is 4. The number of halogens is 2. The lowest BCUT2D eigenvalue weighted by atomic mass is 9.78. The van der Waals surface area contributed by atoms with Gasteiger partial charge in [-0.1, -0.05) is 13.3 Å². The second kappa shape index (κ2) is 7.05. The Morgan fingerprint density at radius 1 is 1.48 bits per heavy atom. The van der Waals surface area contributed by atoms with Crippen LogP contribution >= 0.6 is 22.6 Å². The van der Waals surface area contributed by atoms with Crippen molar-refractivity contribution in [2.75, 3.05) is 6.54 Å². The Balaban J connectivity index is 1.92. The second-order valence-corrected chi connectivity index (χ2v) is 7.05. The van der Waals surface area contributed by atoms with E-state index in [4.69, 9.17) is 0 Å². The van der Waals surface area contributed by atoms with Crippen LogP contribution in [0.15, 0.2) is 18.2 Å². The van der Waals surface area contributed by atoms with Crippen molar-refractivity contribution < 1.29 is 14.3 Å². The fourth-order valence-electron chi connectivity index (χ4n) is 2.81. The molecule has 21 heavy (non-hydrogen) atoms. The van der Waals surface area contributed by atoms with Crippen LogP contribution in [0.3, 0.4) is 0 Å². The smallest absolute Gasteiger partial charge is 0.252 e. The van der Waals surface area contributed by atoms with Crippen molar-refractivity contribution in [3.05, 3.63) is 33.1 Å². The summed E-state index contributed by atoms with van der Waals surface area (Å²) < 4.78 is 13.6. The van der Waals surface area contributed by atoms with Crippen LogP contribution in [-0.2, 0) is 0 Å². The van der Waals surface area contributed by atoms with Crippen LogP contribution in [0.1, 0.15) is 49.4 Å². The summed E-state index contributed by atoms with van der Waals surface area (Å²) in [5, 5.41) is 13.3. The Bertz CT molecular complexity index is 513. The van der Waals surface area contributed by atoms with Crippen molar-refractivity contribution in [2.45, 2.75) is 44.6 Å². The first kappa shape index (κ1) is 16.7. The maximum Gasteiger partial charge on any atom is 0.252 e. The van der Waals surface area contributed by atoms with Gasteiger partial charge in [0.1, 0.15) is 5.82 Å². The van der Waals surface area contributed by atoms with Gasteiger partial charge in [-0.15, -0.1) is 0 Å². The van der Waals surface area contributed by atoms with Gasteiger partial charge < -0.3 is 10.4 Å². The molecule has 2 N–H and O–H groups in total. The van der Waals surface area contributed by atoms with E-state index in [1.165, 1.54) is 18.2 Å². The van der Waals surface area contributed by atoms with Crippen LogP contribution in [0.25, 0.3) is 0 Å². The van der Waals surface area contributed by atoms with Gasteiger partial charge in [-0.05, 0) is 72.4 Å². The molecule has 1 aromatic rings. The highest BCUT2D eigenvalue weighted by atomic mass is 127. The predicted molar refractivity (Wildman–Crippen MR) is 88.6 cm³/mol. The zero-order chi connectivity index (χ0) is 15.5. The van der Waals surface area contributed by atoms with E-state index in [2.05, 4.69) is 12.2 Å². The normalized spacial score (nSPS) is 25.6. The molecular weight excluding hydrogens is 384 g/mol. The Kier molecular flexibility index (Phi) is 5.60. The molecule has 1 aliphatic rings. The van der Waals surface area contributed by atoms with Gasteiger partial charge in [-0.3, -0.25) is 4.79 Å². The molecule has 116 valence electrons. The molecule has 0 radical (unpaired) electrons. The van der Waals surface area contributed by atoms with Crippen molar-refractivity contribution in [3.63, 3.8) is 0 Å². The minimum atomic E-state index is -0.799. The van der Waals surface area contributed by atoms with E-state index in [9.17, 15) is 14.3 Å². The van der Waals surface area contributed by atoms with Crippen LogP contribution in [0.5, 0.6) is 0 Å². The lowest BCUT2D eigenvalue weighted by molar-refractivity contribution is -0.00787. The van der Waals surface area contributed by atoms with E-state index < -0.39 is 5.60 Å². The number of carbonyl (C=O) groups excluding carboxylic acids is 1. The van der Waals surface area contributed by atoms with Gasteiger partial charge in [0.2, 0.25) is 0 Å². The van der Waals surface area contributed by atoms with Crippen LogP contribution < -0.4 is 5.32 Å².